The zero-order valence-electron chi connectivity index (χ0n) is 18.8. The fourth-order valence-electron chi connectivity index (χ4n) is 4.57. The smallest absolute Gasteiger partial charge is 0.362 e. The molecule has 0 radical (unpaired) electrons. The second-order valence-corrected chi connectivity index (χ2v) is 9.74. The van der Waals surface area contributed by atoms with E-state index in [9.17, 15) is 22.8 Å². The van der Waals surface area contributed by atoms with Gasteiger partial charge in [0.2, 0.25) is 0 Å². The molecule has 5 nitrogen and oxygen atoms in total. The van der Waals surface area contributed by atoms with Gasteiger partial charge in [0, 0.05) is 35.2 Å². The predicted molar refractivity (Wildman–Crippen MR) is 123 cm³/mol. The number of pyridine rings is 1. The van der Waals surface area contributed by atoms with Crippen LogP contribution in [0.15, 0.2) is 65.1 Å². The van der Waals surface area contributed by atoms with Crippen molar-refractivity contribution < 1.29 is 22.8 Å². The van der Waals surface area contributed by atoms with E-state index in [2.05, 4.69) is 15.6 Å². The van der Waals surface area contributed by atoms with Crippen LogP contribution in [0.3, 0.4) is 0 Å². The zero-order chi connectivity index (χ0) is 24.8. The van der Waals surface area contributed by atoms with Crippen LogP contribution in [0.25, 0.3) is 0 Å². The molecule has 2 N–H and O–H groups in total. The van der Waals surface area contributed by atoms with E-state index in [1.807, 2.05) is 13.8 Å². The maximum absolute atomic E-state index is 13.5. The molecule has 0 saturated heterocycles. The first kappa shape index (κ1) is 24.0. The third-order valence-electron chi connectivity index (χ3n) is 6.01. The third kappa shape index (κ3) is 4.59. The summed E-state index contributed by atoms with van der Waals surface area (Å²) in [5.41, 5.74) is 1.06. The molecule has 1 aliphatic carbocycles. The molecule has 1 aromatic carbocycles. The molecular formula is C25H23ClF3N3O2. The predicted octanol–water partition coefficient (Wildman–Crippen LogP) is 6.00. The zero-order valence-corrected chi connectivity index (χ0v) is 19.6. The second kappa shape index (κ2) is 8.58. The number of dihydropyridines is 1. The number of carbonyl (C=O) groups excluding carboxylic acids is 2. The van der Waals surface area contributed by atoms with Gasteiger partial charge in [-0.25, -0.2) is 0 Å². The maximum Gasteiger partial charge on any atom is 0.416 e. The Morgan fingerprint density at radius 1 is 1.21 bits per heavy atom. The van der Waals surface area contributed by atoms with E-state index in [0.29, 0.717) is 29.8 Å². The number of carbonyl (C=O) groups is 2. The number of allylic oxidation sites excluding steroid dienone is 3. The van der Waals surface area contributed by atoms with Gasteiger partial charge in [-0.2, -0.15) is 13.2 Å². The topological polar surface area (TPSA) is 71.1 Å². The lowest BCUT2D eigenvalue weighted by Crippen LogP contribution is -2.39. The second-order valence-electron chi connectivity index (χ2n) is 9.33. The fraction of sp³-hybridized carbons (Fsp3) is 0.320. The van der Waals surface area contributed by atoms with E-state index in [1.54, 1.807) is 31.3 Å². The third-order valence-corrected chi connectivity index (χ3v) is 6.34. The van der Waals surface area contributed by atoms with Crippen molar-refractivity contribution in [1.82, 2.24) is 10.3 Å². The van der Waals surface area contributed by atoms with Gasteiger partial charge in [0.25, 0.3) is 5.91 Å². The molecule has 2 aliphatic rings. The minimum atomic E-state index is -4.59. The molecule has 2 heterocycles. The molecule has 1 atom stereocenters. The number of ketones is 1. The van der Waals surface area contributed by atoms with E-state index in [1.165, 1.54) is 0 Å². The molecule has 34 heavy (non-hydrogen) atoms. The Morgan fingerprint density at radius 3 is 2.59 bits per heavy atom. The number of nitrogens with zero attached hydrogens (tertiary/aromatic N) is 1. The monoisotopic (exact) mass is 489 g/mol. The van der Waals surface area contributed by atoms with Crippen LogP contribution < -0.4 is 10.6 Å². The Bertz CT molecular complexity index is 1230. The summed E-state index contributed by atoms with van der Waals surface area (Å²) >= 11 is 6.09. The van der Waals surface area contributed by atoms with Crippen molar-refractivity contribution in [3.63, 3.8) is 0 Å². The number of hydrogen-bond donors (Lipinski definition) is 2. The summed E-state index contributed by atoms with van der Waals surface area (Å²) in [6.07, 6.45) is -2.10. The lowest BCUT2D eigenvalue weighted by molar-refractivity contribution is -0.137. The summed E-state index contributed by atoms with van der Waals surface area (Å²) in [5.74, 6) is -1.51. The highest BCUT2D eigenvalue weighted by atomic mass is 35.5. The highest BCUT2D eigenvalue weighted by molar-refractivity contribution is 6.34. The van der Waals surface area contributed by atoms with Crippen molar-refractivity contribution in [3.8, 4) is 0 Å². The standard InChI is InChI=1S/C25H23ClF3N3O2/c1-13-20(23(34)32-17-10-14(25(27,28)29)7-8-15(17)26)22(16-6-4-5-9-30-16)21-18(31-13)11-24(2,3)12-19(21)33/h4-10,22,31H,11-12H2,1-3H3,(H,32,34)/t22-/m0/s1. The largest absolute Gasteiger partial charge is 0.416 e. The summed E-state index contributed by atoms with van der Waals surface area (Å²) < 4.78 is 39.6. The van der Waals surface area contributed by atoms with Crippen LogP contribution in [0.4, 0.5) is 18.9 Å². The van der Waals surface area contributed by atoms with Gasteiger partial charge in [-0.3, -0.25) is 14.6 Å². The molecule has 178 valence electrons. The van der Waals surface area contributed by atoms with E-state index in [-0.39, 0.29) is 27.5 Å². The lowest BCUT2D eigenvalue weighted by atomic mass is 9.69. The first-order valence-electron chi connectivity index (χ1n) is 10.7. The molecule has 0 fully saturated rings. The van der Waals surface area contributed by atoms with Crippen LogP contribution in [0.5, 0.6) is 0 Å². The summed E-state index contributed by atoms with van der Waals surface area (Å²) in [6.45, 7) is 5.71. The molecule has 0 spiro atoms. The van der Waals surface area contributed by atoms with Crippen LogP contribution in [0.1, 0.15) is 50.8 Å². The number of amides is 1. The quantitative estimate of drug-likeness (QED) is 0.555. The minimum Gasteiger partial charge on any atom is -0.362 e. The summed E-state index contributed by atoms with van der Waals surface area (Å²) in [5, 5.41) is 5.69. The Kier molecular flexibility index (Phi) is 6.06. The molecular weight excluding hydrogens is 467 g/mol. The number of benzene rings is 1. The van der Waals surface area contributed by atoms with E-state index >= 15 is 0 Å². The molecule has 9 heteroatoms. The molecule has 0 bridgehead atoms. The fourth-order valence-corrected chi connectivity index (χ4v) is 4.73. The molecule has 1 amide bonds. The number of rotatable bonds is 3. The number of nitrogens with one attached hydrogen (secondary N) is 2. The average Bonchev–Trinajstić information content (AvgIpc) is 2.73. The number of aromatic nitrogens is 1. The van der Waals surface area contributed by atoms with E-state index < -0.39 is 23.6 Å². The van der Waals surface area contributed by atoms with Crippen LogP contribution in [0.2, 0.25) is 5.02 Å². The number of halogens is 4. The maximum atomic E-state index is 13.5. The summed E-state index contributed by atoms with van der Waals surface area (Å²) in [6, 6.07) is 7.94. The molecule has 0 unspecified atom stereocenters. The molecule has 0 saturated carbocycles. The number of alkyl halides is 3. The Balaban J connectivity index is 1.78. The van der Waals surface area contributed by atoms with Crippen molar-refractivity contribution in [1.29, 1.82) is 0 Å². The van der Waals surface area contributed by atoms with Gasteiger partial charge in [0.1, 0.15) is 0 Å². The number of hydrogen-bond acceptors (Lipinski definition) is 4. The highest BCUT2D eigenvalue weighted by Gasteiger charge is 2.43. The van der Waals surface area contributed by atoms with Gasteiger partial charge in [0.15, 0.2) is 5.78 Å². The van der Waals surface area contributed by atoms with Gasteiger partial charge < -0.3 is 10.6 Å². The molecule has 2 aromatic rings. The summed E-state index contributed by atoms with van der Waals surface area (Å²) in [4.78, 5) is 31.1. The number of Topliss-reactive ketones (excluding diaryl/α,β-unsaturated/α-hetero) is 1. The SMILES string of the molecule is CC1=C(C(=O)Nc2cc(C(F)(F)F)ccc2Cl)[C@H](c2ccccn2)C2=C(CC(C)(C)CC2=O)N1. The minimum absolute atomic E-state index is 0.0341. The van der Waals surface area contributed by atoms with Crippen molar-refractivity contribution in [2.24, 2.45) is 5.41 Å². The van der Waals surface area contributed by atoms with Crippen molar-refractivity contribution in [2.45, 2.75) is 45.7 Å². The van der Waals surface area contributed by atoms with Gasteiger partial charge in [0.05, 0.1) is 27.9 Å². The van der Waals surface area contributed by atoms with Gasteiger partial charge in [-0.15, -0.1) is 0 Å². The molecule has 1 aromatic heterocycles. The first-order valence-corrected chi connectivity index (χ1v) is 11.1. The highest BCUT2D eigenvalue weighted by Crippen LogP contribution is 2.46. The van der Waals surface area contributed by atoms with Crippen molar-refractivity contribution in [3.05, 3.63) is 81.4 Å². The van der Waals surface area contributed by atoms with Crippen molar-refractivity contribution >= 4 is 29.0 Å². The van der Waals surface area contributed by atoms with Gasteiger partial charge in [-0.1, -0.05) is 31.5 Å². The van der Waals surface area contributed by atoms with E-state index in [4.69, 9.17) is 11.6 Å². The van der Waals surface area contributed by atoms with E-state index in [0.717, 1.165) is 23.9 Å². The van der Waals surface area contributed by atoms with Crippen LogP contribution in [0, 0.1) is 5.41 Å². The van der Waals surface area contributed by atoms with Gasteiger partial charge >= 0.3 is 6.18 Å². The Hall–Kier alpha value is -3.13. The van der Waals surface area contributed by atoms with Gasteiger partial charge in [-0.05, 0) is 49.1 Å². The molecule has 1 aliphatic heterocycles. The van der Waals surface area contributed by atoms with Crippen LogP contribution in [-0.4, -0.2) is 16.7 Å². The average molecular weight is 490 g/mol. The van der Waals surface area contributed by atoms with Crippen LogP contribution >= 0.6 is 11.6 Å². The molecule has 4 rings (SSSR count). The Morgan fingerprint density at radius 2 is 1.94 bits per heavy atom. The lowest BCUT2D eigenvalue weighted by Gasteiger charge is -2.39. The Labute approximate surface area is 200 Å². The van der Waals surface area contributed by atoms with Crippen molar-refractivity contribution in [2.75, 3.05) is 5.32 Å². The number of anilines is 1. The van der Waals surface area contributed by atoms with Crippen LogP contribution in [-0.2, 0) is 15.8 Å². The first-order chi connectivity index (χ1) is 15.9. The normalized spacial score (nSPS) is 20.1. The summed E-state index contributed by atoms with van der Waals surface area (Å²) in [7, 11) is 0.